The molecule has 0 aliphatic heterocycles. The van der Waals surface area contributed by atoms with Crippen molar-refractivity contribution in [3.05, 3.63) is 79.3 Å². The van der Waals surface area contributed by atoms with E-state index in [2.05, 4.69) is 75.7 Å². The van der Waals surface area contributed by atoms with Crippen LogP contribution in [0.15, 0.2) is 79.3 Å². The number of hydrogen-bond acceptors (Lipinski definition) is 4. The highest BCUT2D eigenvalue weighted by atomic mass is 16.5. The van der Waals surface area contributed by atoms with Crippen LogP contribution in [-0.2, 0) is 0 Å². The lowest BCUT2D eigenvalue weighted by atomic mass is 9.99. The lowest BCUT2D eigenvalue weighted by Crippen LogP contribution is -2.16. The Bertz CT molecular complexity index is 1330. The predicted octanol–water partition coefficient (Wildman–Crippen LogP) is 5.82. The maximum Gasteiger partial charge on any atom is 0.119 e. The molecule has 3 heterocycles. The number of hydrogen-bond donors (Lipinski definition) is 2. The number of nitrogens with zero attached hydrogens (tertiary/aromatic N) is 2. The fraction of sp³-hybridized carbons (Fsp3) is 0.185. The monoisotopic (exact) mass is 422 g/mol. The normalized spacial score (nSPS) is 11.3. The predicted molar refractivity (Wildman–Crippen MR) is 131 cm³/mol. The van der Waals surface area contributed by atoms with Crippen LogP contribution in [-0.4, -0.2) is 34.6 Å². The quantitative estimate of drug-likeness (QED) is 0.309. The standard InChI is InChI=1S/C27H26N4O/c1-2-28-14-5-15-32-21-11-9-19(10-12-21)22-7-3-8-24-27(22)23-16-25(30-18-26(23)31-24)20-6-4-13-29-17-20/h3-4,6-13,16-18,28,31H,2,5,14-15H2,1H3. The van der Waals surface area contributed by atoms with Crippen molar-refractivity contribution in [2.24, 2.45) is 0 Å². The number of aromatic nitrogens is 3. The minimum absolute atomic E-state index is 0.717. The molecule has 5 aromatic rings. The third-order valence-electron chi connectivity index (χ3n) is 5.65. The SMILES string of the molecule is CCNCCCOc1ccc(-c2cccc3[nH]c4cnc(-c5cccnc5)cc4c23)cc1. The van der Waals surface area contributed by atoms with E-state index in [0.29, 0.717) is 6.61 Å². The molecule has 0 radical (unpaired) electrons. The molecule has 0 aliphatic rings. The second-order valence-electron chi connectivity index (χ2n) is 7.79. The van der Waals surface area contributed by atoms with Crippen LogP contribution in [0.5, 0.6) is 5.75 Å². The lowest BCUT2D eigenvalue weighted by Gasteiger charge is -2.09. The van der Waals surface area contributed by atoms with Crippen molar-refractivity contribution in [2.75, 3.05) is 19.7 Å². The summed E-state index contributed by atoms with van der Waals surface area (Å²) in [6, 6.07) is 20.9. The number of benzene rings is 2. The van der Waals surface area contributed by atoms with Gasteiger partial charge in [-0.05, 0) is 67.0 Å². The largest absolute Gasteiger partial charge is 0.494 e. The topological polar surface area (TPSA) is 62.8 Å². The van der Waals surface area contributed by atoms with Crippen LogP contribution in [0.3, 0.4) is 0 Å². The molecule has 0 spiro atoms. The summed E-state index contributed by atoms with van der Waals surface area (Å²) in [7, 11) is 0. The van der Waals surface area contributed by atoms with E-state index in [1.807, 2.05) is 24.5 Å². The lowest BCUT2D eigenvalue weighted by molar-refractivity contribution is 0.309. The van der Waals surface area contributed by atoms with E-state index in [9.17, 15) is 0 Å². The summed E-state index contributed by atoms with van der Waals surface area (Å²) in [5.74, 6) is 0.902. The molecule has 0 fully saturated rings. The fourth-order valence-electron chi connectivity index (χ4n) is 4.06. The molecule has 160 valence electrons. The molecule has 0 atom stereocenters. The number of fused-ring (bicyclic) bond motifs is 3. The van der Waals surface area contributed by atoms with Gasteiger partial charge in [0.1, 0.15) is 5.75 Å². The second-order valence-corrected chi connectivity index (χ2v) is 7.79. The second kappa shape index (κ2) is 9.20. The summed E-state index contributed by atoms with van der Waals surface area (Å²) < 4.78 is 5.89. The third kappa shape index (κ3) is 4.07. The van der Waals surface area contributed by atoms with Crippen LogP contribution in [0.25, 0.3) is 44.2 Å². The van der Waals surface area contributed by atoms with Gasteiger partial charge in [0, 0.05) is 34.2 Å². The Labute approximate surface area is 187 Å². The molecular formula is C27H26N4O. The van der Waals surface area contributed by atoms with Gasteiger partial charge in [-0.1, -0.05) is 31.2 Å². The van der Waals surface area contributed by atoms with Crippen LogP contribution in [0, 0.1) is 0 Å². The summed E-state index contributed by atoms with van der Waals surface area (Å²) >= 11 is 0. The zero-order valence-corrected chi connectivity index (χ0v) is 18.1. The van der Waals surface area contributed by atoms with Crippen molar-refractivity contribution in [1.29, 1.82) is 0 Å². The van der Waals surface area contributed by atoms with Gasteiger partial charge in [0.25, 0.3) is 0 Å². The third-order valence-corrected chi connectivity index (χ3v) is 5.65. The van der Waals surface area contributed by atoms with Crippen LogP contribution < -0.4 is 10.1 Å². The summed E-state index contributed by atoms with van der Waals surface area (Å²) in [5.41, 5.74) is 6.42. The highest BCUT2D eigenvalue weighted by molar-refractivity contribution is 6.14. The van der Waals surface area contributed by atoms with Gasteiger partial charge in [-0.25, -0.2) is 0 Å². The molecule has 2 aromatic carbocycles. The number of H-pyrrole nitrogens is 1. The van der Waals surface area contributed by atoms with Gasteiger partial charge in [-0.2, -0.15) is 0 Å². The zero-order valence-electron chi connectivity index (χ0n) is 18.1. The van der Waals surface area contributed by atoms with E-state index >= 15 is 0 Å². The Morgan fingerprint density at radius 2 is 1.84 bits per heavy atom. The summed E-state index contributed by atoms with van der Waals surface area (Å²) in [6.07, 6.45) is 6.53. The van der Waals surface area contributed by atoms with E-state index in [-0.39, 0.29) is 0 Å². The highest BCUT2D eigenvalue weighted by Crippen LogP contribution is 2.36. The molecule has 2 N–H and O–H groups in total. The fourth-order valence-corrected chi connectivity index (χ4v) is 4.06. The van der Waals surface area contributed by atoms with Crippen molar-refractivity contribution in [1.82, 2.24) is 20.3 Å². The van der Waals surface area contributed by atoms with Crippen LogP contribution >= 0.6 is 0 Å². The highest BCUT2D eigenvalue weighted by Gasteiger charge is 2.12. The van der Waals surface area contributed by atoms with Gasteiger partial charge in [0.05, 0.1) is 24.0 Å². The minimum atomic E-state index is 0.717. The Hall–Kier alpha value is -3.70. The van der Waals surface area contributed by atoms with E-state index < -0.39 is 0 Å². The first kappa shape index (κ1) is 20.2. The molecule has 5 rings (SSSR count). The molecule has 0 saturated heterocycles. The van der Waals surface area contributed by atoms with Crippen LogP contribution in [0.1, 0.15) is 13.3 Å². The number of pyridine rings is 2. The molecule has 0 unspecified atom stereocenters. The molecule has 0 aliphatic carbocycles. The Balaban J connectivity index is 1.48. The minimum Gasteiger partial charge on any atom is -0.494 e. The van der Waals surface area contributed by atoms with Gasteiger partial charge >= 0.3 is 0 Å². The Morgan fingerprint density at radius 3 is 2.66 bits per heavy atom. The maximum absolute atomic E-state index is 5.89. The van der Waals surface area contributed by atoms with Gasteiger partial charge < -0.3 is 15.0 Å². The van der Waals surface area contributed by atoms with Crippen molar-refractivity contribution >= 4 is 21.8 Å². The summed E-state index contributed by atoms with van der Waals surface area (Å²) in [5, 5.41) is 5.68. The molecule has 0 bridgehead atoms. The zero-order chi connectivity index (χ0) is 21.8. The van der Waals surface area contributed by atoms with E-state index in [4.69, 9.17) is 4.74 Å². The number of ether oxygens (including phenoxy) is 1. The van der Waals surface area contributed by atoms with E-state index in [0.717, 1.165) is 58.5 Å². The molecule has 3 aromatic heterocycles. The number of rotatable bonds is 8. The van der Waals surface area contributed by atoms with Gasteiger partial charge in [0.2, 0.25) is 0 Å². The summed E-state index contributed by atoms with van der Waals surface area (Å²) in [4.78, 5) is 12.4. The first-order valence-electron chi connectivity index (χ1n) is 11.1. The van der Waals surface area contributed by atoms with Gasteiger partial charge in [0.15, 0.2) is 0 Å². The maximum atomic E-state index is 5.89. The Morgan fingerprint density at radius 1 is 0.938 bits per heavy atom. The van der Waals surface area contributed by atoms with Gasteiger partial charge in [-0.15, -0.1) is 0 Å². The van der Waals surface area contributed by atoms with E-state index in [1.165, 1.54) is 10.9 Å². The average molecular weight is 423 g/mol. The van der Waals surface area contributed by atoms with Crippen LogP contribution in [0.4, 0.5) is 0 Å². The van der Waals surface area contributed by atoms with Crippen LogP contribution in [0.2, 0.25) is 0 Å². The molecular weight excluding hydrogens is 396 g/mol. The molecule has 32 heavy (non-hydrogen) atoms. The number of aromatic amines is 1. The van der Waals surface area contributed by atoms with Crippen molar-refractivity contribution in [2.45, 2.75) is 13.3 Å². The van der Waals surface area contributed by atoms with Crippen molar-refractivity contribution < 1.29 is 4.74 Å². The Kier molecular flexibility index (Phi) is 5.81. The summed E-state index contributed by atoms with van der Waals surface area (Å²) in [6.45, 7) is 4.80. The average Bonchev–Trinajstić information content (AvgIpc) is 3.23. The smallest absolute Gasteiger partial charge is 0.119 e. The molecule has 5 nitrogen and oxygen atoms in total. The molecule has 0 saturated carbocycles. The molecule has 5 heteroatoms. The number of nitrogens with one attached hydrogen (secondary N) is 2. The van der Waals surface area contributed by atoms with Gasteiger partial charge in [-0.3, -0.25) is 9.97 Å². The van der Waals surface area contributed by atoms with E-state index in [1.54, 1.807) is 6.20 Å². The van der Waals surface area contributed by atoms with Crippen molar-refractivity contribution in [3.63, 3.8) is 0 Å². The first-order chi connectivity index (χ1) is 15.8. The first-order valence-corrected chi connectivity index (χ1v) is 11.1. The van der Waals surface area contributed by atoms with Crippen molar-refractivity contribution in [3.8, 4) is 28.1 Å². The molecule has 0 amide bonds.